The van der Waals surface area contributed by atoms with Crippen molar-refractivity contribution >= 4 is 0 Å². The molecule has 0 aliphatic rings. The first-order valence-corrected chi connectivity index (χ1v) is 5.89. The highest BCUT2D eigenvalue weighted by molar-refractivity contribution is 4.70. The molecule has 3 N–H and O–H groups in total. The van der Waals surface area contributed by atoms with Gasteiger partial charge in [0.2, 0.25) is 0 Å². The van der Waals surface area contributed by atoms with E-state index in [4.69, 9.17) is 5.73 Å². The molecule has 0 aromatic heterocycles. The van der Waals surface area contributed by atoms with Gasteiger partial charge in [-0.25, -0.2) is 0 Å². The van der Waals surface area contributed by atoms with Crippen LogP contribution in [0.5, 0.6) is 0 Å². The molecule has 0 amide bonds. The second-order valence-corrected chi connectivity index (χ2v) is 5.56. The van der Waals surface area contributed by atoms with Gasteiger partial charge >= 0.3 is 0 Å². The summed E-state index contributed by atoms with van der Waals surface area (Å²) in [5.41, 5.74) is 5.41. The van der Waals surface area contributed by atoms with Crippen LogP contribution < -0.4 is 5.73 Å². The van der Waals surface area contributed by atoms with Crippen LogP contribution in [0, 0.1) is 5.92 Å². The zero-order valence-electron chi connectivity index (χ0n) is 11.0. The quantitative estimate of drug-likeness (QED) is 0.677. The molecule has 0 heterocycles. The van der Waals surface area contributed by atoms with Gasteiger partial charge in [-0.3, -0.25) is 0 Å². The molecule has 1 unspecified atom stereocenters. The first-order chi connectivity index (χ1) is 6.72. The molecule has 0 fully saturated rings. The van der Waals surface area contributed by atoms with Gasteiger partial charge in [-0.05, 0) is 46.2 Å². The average molecular weight is 216 g/mol. The van der Waals surface area contributed by atoms with Crippen LogP contribution >= 0.6 is 0 Å². The van der Waals surface area contributed by atoms with E-state index < -0.39 is 5.60 Å². The minimum Gasteiger partial charge on any atom is -0.390 e. The number of aliphatic hydroxyl groups is 1. The molecule has 0 saturated carbocycles. The first-order valence-electron chi connectivity index (χ1n) is 5.89. The van der Waals surface area contributed by atoms with Gasteiger partial charge in [0.05, 0.1) is 5.60 Å². The zero-order chi connectivity index (χ0) is 12.1. The van der Waals surface area contributed by atoms with E-state index in [0.717, 1.165) is 25.9 Å². The number of hydrogen-bond donors (Lipinski definition) is 2. The van der Waals surface area contributed by atoms with Crippen molar-refractivity contribution in [2.24, 2.45) is 11.7 Å². The van der Waals surface area contributed by atoms with Crippen LogP contribution in [0.4, 0.5) is 0 Å². The SMILES string of the molecule is CC(C)C(N)CCN(C)CCC(C)(C)O. The highest BCUT2D eigenvalue weighted by Crippen LogP contribution is 2.09. The molecular weight excluding hydrogens is 188 g/mol. The molecule has 92 valence electrons. The average Bonchev–Trinajstić information content (AvgIpc) is 2.09. The molecule has 0 bridgehead atoms. The third-order valence-corrected chi connectivity index (χ3v) is 2.81. The van der Waals surface area contributed by atoms with E-state index in [1.165, 1.54) is 0 Å². The van der Waals surface area contributed by atoms with Crippen LogP contribution in [0.2, 0.25) is 0 Å². The fourth-order valence-electron chi connectivity index (χ4n) is 1.28. The smallest absolute Gasteiger partial charge is 0.0603 e. The van der Waals surface area contributed by atoms with Crippen molar-refractivity contribution in [3.05, 3.63) is 0 Å². The fraction of sp³-hybridized carbons (Fsp3) is 1.00. The van der Waals surface area contributed by atoms with Crippen LogP contribution in [0.25, 0.3) is 0 Å². The van der Waals surface area contributed by atoms with Crippen molar-refractivity contribution in [1.82, 2.24) is 4.90 Å². The molecule has 0 radical (unpaired) electrons. The lowest BCUT2D eigenvalue weighted by atomic mass is 10.0. The fourth-order valence-corrected chi connectivity index (χ4v) is 1.28. The van der Waals surface area contributed by atoms with Gasteiger partial charge in [-0.2, -0.15) is 0 Å². The lowest BCUT2D eigenvalue weighted by Gasteiger charge is -2.24. The Bertz CT molecular complexity index is 163. The maximum Gasteiger partial charge on any atom is 0.0603 e. The minimum atomic E-state index is -0.561. The molecule has 0 rings (SSSR count). The Morgan fingerprint density at radius 2 is 1.80 bits per heavy atom. The van der Waals surface area contributed by atoms with E-state index >= 15 is 0 Å². The molecule has 0 aliphatic carbocycles. The summed E-state index contributed by atoms with van der Waals surface area (Å²) in [5, 5.41) is 9.58. The molecule has 0 aromatic carbocycles. The Hall–Kier alpha value is -0.120. The normalized spacial score (nSPS) is 15.0. The summed E-state index contributed by atoms with van der Waals surface area (Å²) in [6, 6.07) is 0.287. The van der Waals surface area contributed by atoms with Crippen LogP contribution in [-0.4, -0.2) is 41.8 Å². The molecule has 3 heteroatoms. The molecule has 1 atom stereocenters. The van der Waals surface area contributed by atoms with E-state index in [1.54, 1.807) is 0 Å². The van der Waals surface area contributed by atoms with Gasteiger partial charge in [-0.15, -0.1) is 0 Å². The second kappa shape index (κ2) is 6.46. The van der Waals surface area contributed by atoms with Gasteiger partial charge in [0.15, 0.2) is 0 Å². The van der Waals surface area contributed by atoms with Crippen molar-refractivity contribution in [3.8, 4) is 0 Å². The van der Waals surface area contributed by atoms with Crippen LogP contribution in [0.3, 0.4) is 0 Å². The van der Waals surface area contributed by atoms with E-state index in [0.29, 0.717) is 5.92 Å². The zero-order valence-corrected chi connectivity index (χ0v) is 11.0. The summed E-state index contributed by atoms with van der Waals surface area (Å²) < 4.78 is 0. The van der Waals surface area contributed by atoms with E-state index in [2.05, 4.69) is 25.8 Å². The summed E-state index contributed by atoms with van der Waals surface area (Å²) in [4.78, 5) is 2.24. The summed E-state index contributed by atoms with van der Waals surface area (Å²) in [6.07, 6.45) is 1.83. The minimum absolute atomic E-state index is 0.287. The Morgan fingerprint density at radius 3 is 2.20 bits per heavy atom. The van der Waals surface area contributed by atoms with Crippen molar-refractivity contribution in [2.45, 2.75) is 52.2 Å². The lowest BCUT2D eigenvalue weighted by molar-refractivity contribution is 0.0603. The molecule has 0 spiro atoms. The highest BCUT2D eigenvalue weighted by Gasteiger charge is 2.14. The molecule has 0 saturated heterocycles. The summed E-state index contributed by atoms with van der Waals surface area (Å²) >= 11 is 0. The number of nitrogens with two attached hydrogens (primary N) is 1. The van der Waals surface area contributed by atoms with Gasteiger partial charge < -0.3 is 15.7 Å². The van der Waals surface area contributed by atoms with Crippen molar-refractivity contribution in [3.63, 3.8) is 0 Å². The van der Waals surface area contributed by atoms with Gasteiger partial charge in [0.25, 0.3) is 0 Å². The standard InChI is InChI=1S/C12H28N2O/c1-10(2)11(13)6-8-14(5)9-7-12(3,4)15/h10-11,15H,6-9,13H2,1-5H3. The molecule has 0 aliphatic heterocycles. The third-order valence-electron chi connectivity index (χ3n) is 2.81. The molecule has 3 nitrogen and oxygen atoms in total. The Morgan fingerprint density at radius 1 is 1.27 bits per heavy atom. The topological polar surface area (TPSA) is 49.5 Å². The third kappa shape index (κ3) is 8.85. The van der Waals surface area contributed by atoms with Gasteiger partial charge in [-0.1, -0.05) is 13.8 Å². The monoisotopic (exact) mass is 216 g/mol. The highest BCUT2D eigenvalue weighted by atomic mass is 16.3. The Kier molecular flexibility index (Phi) is 6.41. The summed E-state index contributed by atoms with van der Waals surface area (Å²) in [6.45, 7) is 9.94. The largest absolute Gasteiger partial charge is 0.390 e. The first kappa shape index (κ1) is 14.9. The van der Waals surface area contributed by atoms with E-state index in [1.807, 2.05) is 13.8 Å². The Balaban J connectivity index is 3.62. The number of rotatable bonds is 7. The summed E-state index contributed by atoms with van der Waals surface area (Å²) in [5.74, 6) is 0.549. The second-order valence-electron chi connectivity index (χ2n) is 5.56. The van der Waals surface area contributed by atoms with Crippen LogP contribution in [-0.2, 0) is 0 Å². The molecular formula is C12H28N2O. The van der Waals surface area contributed by atoms with Crippen molar-refractivity contribution in [2.75, 3.05) is 20.1 Å². The number of hydrogen-bond acceptors (Lipinski definition) is 3. The Labute approximate surface area is 94.6 Å². The molecule has 15 heavy (non-hydrogen) atoms. The van der Waals surface area contributed by atoms with Gasteiger partial charge in [0.1, 0.15) is 0 Å². The van der Waals surface area contributed by atoms with Crippen LogP contribution in [0.1, 0.15) is 40.5 Å². The predicted molar refractivity (Wildman–Crippen MR) is 65.8 cm³/mol. The van der Waals surface area contributed by atoms with E-state index in [-0.39, 0.29) is 6.04 Å². The van der Waals surface area contributed by atoms with Crippen LogP contribution in [0.15, 0.2) is 0 Å². The molecule has 0 aromatic rings. The van der Waals surface area contributed by atoms with Gasteiger partial charge in [0, 0.05) is 12.6 Å². The maximum atomic E-state index is 9.58. The van der Waals surface area contributed by atoms with Crippen molar-refractivity contribution in [1.29, 1.82) is 0 Å². The summed E-state index contributed by atoms with van der Waals surface area (Å²) in [7, 11) is 2.08. The predicted octanol–water partition coefficient (Wildman–Crippen LogP) is 1.45. The number of nitrogens with zero attached hydrogens (tertiary/aromatic N) is 1. The lowest BCUT2D eigenvalue weighted by Crippen LogP contribution is -2.34. The maximum absolute atomic E-state index is 9.58. The van der Waals surface area contributed by atoms with Crippen molar-refractivity contribution < 1.29 is 5.11 Å². The van der Waals surface area contributed by atoms with E-state index in [9.17, 15) is 5.11 Å².